The van der Waals surface area contributed by atoms with Crippen molar-refractivity contribution >= 4 is 50.7 Å². The molecule has 1 saturated carbocycles. The van der Waals surface area contributed by atoms with Crippen molar-refractivity contribution in [2.75, 3.05) is 17.1 Å². The molecule has 1 aliphatic rings. The van der Waals surface area contributed by atoms with Crippen molar-refractivity contribution in [2.24, 2.45) is 0 Å². The first-order valence-electron chi connectivity index (χ1n) is 13.0. The first kappa shape index (κ1) is 30.3. The lowest BCUT2D eigenvalue weighted by Gasteiger charge is -2.34. The number of carbonyl (C=O) groups excluding carboxylic acids is 2. The predicted molar refractivity (Wildman–Crippen MR) is 154 cm³/mol. The average Bonchev–Trinajstić information content (AvgIpc) is 2.85. The van der Waals surface area contributed by atoms with Crippen LogP contribution < -0.4 is 9.62 Å². The van der Waals surface area contributed by atoms with Crippen molar-refractivity contribution in [2.45, 2.75) is 77.9 Å². The minimum atomic E-state index is -3.81. The predicted octanol–water partition coefficient (Wildman–Crippen LogP) is 5.63. The van der Waals surface area contributed by atoms with Gasteiger partial charge in [-0.25, -0.2) is 8.42 Å². The molecule has 0 saturated heterocycles. The molecule has 0 bridgehead atoms. The van der Waals surface area contributed by atoms with E-state index in [2.05, 4.69) is 5.32 Å². The smallest absolute Gasteiger partial charge is 0.244 e. The van der Waals surface area contributed by atoms with E-state index in [0.717, 1.165) is 53.8 Å². The summed E-state index contributed by atoms with van der Waals surface area (Å²) in [6.07, 6.45) is 6.57. The summed E-state index contributed by atoms with van der Waals surface area (Å²) < 4.78 is 27.0. The Bertz CT molecular complexity index is 1240. The van der Waals surface area contributed by atoms with Gasteiger partial charge in [0, 0.05) is 12.6 Å². The molecule has 0 spiro atoms. The Morgan fingerprint density at radius 3 is 2.21 bits per heavy atom. The van der Waals surface area contributed by atoms with Gasteiger partial charge in [-0.1, -0.05) is 73.7 Å². The molecule has 0 heterocycles. The molecule has 1 fully saturated rings. The summed E-state index contributed by atoms with van der Waals surface area (Å²) in [5, 5.41) is 3.85. The Morgan fingerprint density at radius 1 is 1.03 bits per heavy atom. The minimum absolute atomic E-state index is 0.0781. The van der Waals surface area contributed by atoms with Gasteiger partial charge < -0.3 is 10.2 Å². The number of halogens is 2. The van der Waals surface area contributed by atoms with Gasteiger partial charge in [0.15, 0.2) is 0 Å². The lowest BCUT2D eigenvalue weighted by Crippen LogP contribution is -2.54. The van der Waals surface area contributed by atoms with Gasteiger partial charge in [0.2, 0.25) is 21.8 Å². The number of para-hydroxylation sites is 1. The molecule has 0 aromatic heterocycles. The molecule has 0 radical (unpaired) electrons. The maximum Gasteiger partial charge on any atom is 0.244 e. The van der Waals surface area contributed by atoms with Crippen LogP contribution in [0.3, 0.4) is 0 Å². The molecule has 2 amide bonds. The Balaban J connectivity index is 1.97. The van der Waals surface area contributed by atoms with E-state index in [-0.39, 0.29) is 18.5 Å². The molecule has 38 heavy (non-hydrogen) atoms. The van der Waals surface area contributed by atoms with Crippen LogP contribution in [-0.4, -0.2) is 50.0 Å². The third-order valence-corrected chi connectivity index (χ3v) is 8.89. The summed E-state index contributed by atoms with van der Waals surface area (Å²) in [6, 6.07) is 9.82. The highest BCUT2D eigenvalue weighted by Crippen LogP contribution is 2.28. The quantitative estimate of drug-likeness (QED) is 0.393. The van der Waals surface area contributed by atoms with Crippen molar-refractivity contribution < 1.29 is 18.0 Å². The van der Waals surface area contributed by atoms with Crippen LogP contribution in [0.5, 0.6) is 0 Å². The zero-order valence-corrected chi connectivity index (χ0v) is 24.8. The summed E-state index contributed by atoms with van der Waals surface area (Å²) in [5.74, 6) is -0.708. The monoisotopic (exact) mass is 581 g/mol. The zero-order chi connectivity index (χ0) is 28.0. The van der Waals surface area contributed by atoms with Crippen molar-refractivity contribution in [3.05, 3.63) is 63.1 Å². The van der Waals surface area contributed by atoms with E-state index in [4.69, 9.17) is 23.2 Å². The van der Waals surface area contributed by atoms with Crippen LogP contribution in [0.4, 0.5) is 5.69 Å². The number of benzene rings is 2. The summed E-state index contributed by atoms with van der Waals surface area (Å²) in [6.45, 7) is 5.12. The van der Waals surface area contributed by atoms with Gasteiger partial charge in [0.1, 0.15) is 12.6 Å². The standard InChI is InChI=1S/C28H37Cl2N3O4S/c1-5-25(28(35)31-22-12-7-6-8-13-22)32(17-21-14-15-23(29)24(30)16-21)26(34)18-33(38(4,36)37)27-19(2)10-9-11-20(27)3/h9-11,14-16,22,25H,5-8,12-13,17-18H2,1-4H3,(H,31,35). The molecule has 1 aliphatic carbocycles. The fraction of sp³-hybridized carbons (Fsp3) is 0.500. The van der Waals surface area contributed by atoms with E-state index in [1.165, 1.54) is 4.90 Å². The van der Waals surface area contributed by atoms with Crippen molar-refractivity contribution in [1.82, 2.24) is 10.2 Å². The van der Waals surface area contributed by atoms with Crippen LogP contribution in [0.25, 0.3) is 0 Å². The van der Waals surface area contributed by atoms with Crippen LogP contribution in [0.2, 0.25) is 10.0 Å². The van der Waals surface area contributed by atoms with Gasteiger partial charge in [-0.05, 0) is 61.9 Å². The number of hydrogen-bond acceptors (Lipinski definition) is 4. The highest BCUT2D eigenvalue weighted by Gasteiger charge is 2.33. The Kier molecular flexibility index (Phi) is 10.5. The van der Waals surface area contributed by atoms with Crippen LogP contribution in [0.15, 0.2) is 36.4 Å². The largest absolute Gasteiger partial charge is 0.352 e. The molecule has 2 aromatic carbocycles. The number of rotatable bonds is 10. The van der Waals surface area contributed by atoms with Crippen LogP contribution >= 0.6 is 23.2 Å². The number of hydrogen-bond donors (Lipinski definition) is 1. The van der Waals surface area contributed by atoms with E-state index in [1.54, 1.807) is 18.2 Å². The highest BCUT2D eigenvalue weighted by atomic mass is 35.5. The number of aryl methyl sites for hydroxylation is 2. The second-order valence-corrected chi connectivity index (χ2v) is 12.8. The zero-order valence-electron chi connectivity index (χ0n) is 22.5. The third-order valence-electron chi connectivity index (χ3n) is 7.04. The number of sulfonamides is 1. The van der Waals surface area contributed by atoms with Crippen LogP contribution in [0.1, 0.15) is 62.1 Å². The van der Waals surface area contributed by atoms with Crippen LogP contribution in [0, 0.1) is 13.8 Å². The number of carbonyl (C=O) groups is 2. The average molecular weight is 583 g/mol. The van der Waals surface area contributed by atoms with E-state index in [1.807, 2.05) is 39.0 Å². The topological polar surface area (TPSA) is 86.8 Å². The summed E-state index contributed by atoms with van der Waals surface area (Å²) in [7, 11) is -3.81. The SMILES string of the molecule is CCC(C(=O)NC1CCCCC1)N(Cc1ccc(Cl)c(Cl)c1)C(=O)CN(c1c(C)cccc1C)S(C)(=O)=O. The van der Waals surface area contributed by atoms with Crippen molar-refractivity contribution in [1.29, 1.82) is 0 Å². The molecular weight excluding hydrogens is 545 g/mol. The summed E-state index contributed by atoms with van der Waals surface area (Å²) >= 11 is 12.3. The number of amides is 2. The highest BCUT2D eigenvalue weighted by molar-refractivity contribution is 7.92. The molecule has 208 valence electrons. The fourth-order valence-corrected chi connectivity index (χ4v) is 6.36. The first-order valence-corrected chi connectivity index (χ1v) is 15.6. The van der Waals surface area contributed by atoms with E-state index >= 15 is 0 Å². The van der Waals surface area contributed by atoms with Crippen molar-refractivity contribution in [3.8, 4) is 0 Å². The first-order chi connectivity index (χ1) is 17.9. The minimum Gasteiger partial charge on any atom is -0.352 e. The van der Waals surface area contributed by atoms with Gasteiger partial charge in [0.05, 0.1) is 22.0 Å². The Labute approximate surface area is 236 Å². The molecule has 1 atom stereocenters. The second kappa shape index (κ2) is 13.2. The van der Waals surface area contributed by atoms with E-state index < -0.39 is 28.5 Å². The molecular formula is C28H37Cl2N3O4S. The number of nitrogens with one attached hydrogen (secondary N) is 1. The summed E-state index contributed by atoms with van der Waals surface area (Å²) in [4.78, 5) is 28.9. The summed E-state index contributed by atoms with van der Waals surface area (Å²) in [5.41, 5.74) is 2.63. The molecule has 0 aliphatic heterocycles. The molecule has 7 nitrogen and oxygen atoms in total. The molecule has 1 unspecified atom stereocenters. The lowest BCUT2D eigenvalue weighted by atomic mass is 9.95. The third kappa shape index (κ3) is 7.64. The fourth-order valence-electron chi connectivity index (χ4n) is 5.07. The maximum absolute atomic E-state index is 13.9. The van der Waals surface area contributed by atoms with E-state index in [0.29, 0.717) is 27.7 Å². The molecule has 10 heteroatoms. The normalized spacial score (nSPS) is 15.1. The van der Waals surface area contributed by atoms with Gasteiger partial charge >= 0.3 is 0 Å². The van der Waals surface area contributed by atoms with Crippen LogP contribution in [-0.2, 0) is 26.2 Å². The number of nitrogens with zero attached hydrogens (tertiary/aromatic N) is 2. The van der Waals surface area contributed by atoms with E-state index in [9.17, 15) is 18.0 Å². The van der Waals surface area contributed by atoms with Gasteiger partial charge in [-0.2, -0.15) is 0 Å². The Hall–Kier alpha value is -2.29. The molecule has 3 rings (SSSR count). The Morgan fingerprint density at radius 2 is 1.66 bits per heavy atom. The van der Waals surface area contributed by atoms with Gasteiger partial charge in [-0.15, -0.1) is 0 Å². The molecule has 2 aromatic rings. The lowest BCUT2D eigenvalue weighted by molar-refractivity contribution is -0.140. The van der Waals surface area contributed by atoms with Crippen molar-refractivity contribution in [3.63, 3.8) is 0 Å². The molecule has 1 N–H and O–H groups in total. The maximum atomic E-state index is 13.9. The second-order valence-electron chi connectivity index (χ2n) is 10.0. The van der Waals surface area contributed by atoms with Gasteiger partial charge in [0.25, 0.3) is 0 Å². The van der Waals surface area contributed by atoms with Gasteiger partial charge in [-0.3, -0.25) is 13.9 Å². The number of anilines is 1.